The van der Waals surface area contributed by atoms with Crippen LogP contribution in [-0.2, 0) is 4.74 Å². The van der Waals surface area contributed by atoms with Gasteiger partial charge in [-0.25, -0.2) is 4.68 Å². The summed E-state index contributed by atoms with van der Waals surface area (Å²) < 4.78 is 7.20. The molecule has 3 aromatic rings. The highest BCUT2D eigenvalue weighted by molar-refractivity contribution is 5.97. The van der Waals surface area contributed by atoms with Crippen LogP contribution < -0.4 is 5.32 Å². The number of nitrogens with one attached hydrogen (secondary N) is 1. The second-order valence-corrected chi connectivity index (χ2v) is 6.09. The van der Waals surface area contributed by atoms with Crippen LogP contribution in [0.4, 0.5) is 0 Å². The third kappa shape index (κ3) is 3.34. The molecule has 2 aromatic heterocycles. The molecule has 3 heterocycles. The quantitative estimate of drug-likeness (QED) is 0.764. The molecule has 0 bridgehead atoms. The molecule has 1 aliphatic heterocycles. The van der Waals surface area contributed by atoms with Crippen LogP contribution in [0.25, 0.3) is 17.1 Å². The Bertz CT molecular complexity index is 873. The summed E-state index contributed by atoms with van der Waals surface area (Å²) in [5.74, 6) is -0.275. The second-order valence-electron chi connectivity index (χ2n) is 6.09. The van der Waals surface area contributed by atoms with Crippen LogP contribution in [0.3, 0.4) is 0 Å². The topological polar surface area (TPSA) is 81.9 Å². The molecule has 7 heteroatoms. The number of carbonyl (C=O) groups excluding carboxylic acids is 1. The van der Waals surface area contributed by atoms with Gasteiger partial charge in [-0.2, -0.15) is 0 Å². The van der Waals surface area contributed by atoms with Crippen LogP contribution in [0.1, 0.15) is 23.3 Å². The minimum Gasteiger partial charge on any atom is -0.376 e. The molecule has 0 radical (unpaired) electrons. The molecule has 1 fully saturated rings. The highest BCUT2D eigenvalue weighted by Gasteiger charge is 2.24. The molecule has 132 valence electrons. The van der Waals surface area contributed by atoms with Crippen LogP contribution in [0.2, 0.25) is 0 Å². The SMILES string of the molecule is O=C(NC[C@@H]1CCCO1)c1nnn(-c2ccccc2)c1-c1ccccn1. The number of nitrogens with zero attached hydrogens (tertiary/aromatic N) is 4. The fourth-order valence-corrected chi connectivity index (χ4v) is 3.01. The van der Waals surface area contributed by atoms with E-state index in [1.54, 1.807) is 10.9 Å². The van der Waals surface area contributed by atoms with Gasteiger partial charge in [0.2, 0.25) is 0 Å². The zero-order chi connectivity index (χ0) is 17.8. The maximum atomic E-state index is 12.7. The van der Waals surface area contributed by atoms with Crippen LogP contribution in [0.15, 0.2) is 54.7 Å². The van der Waals surface area contributed by atoms with Crippen LogP contribution in [0.5, 0.6) is 0 Å². The van der Waals surface area contributed by atoms with Crippen molar-refractivity contribution in [3.8, 4) is 17.1 Å². The second kappa shape index (κ2) is 7.45. The number of ether oxygens (including phenoxy) is 1. The van der Waals surface area contributed by atoms with E-state index in [1.807, 2.05) is 48.5 Å². The van der Waals surface area contributed by atoms with Crippen molar-refractivity contribution < 1.29 is 9.53 Å². The van der Waals surface area contributed by atoms with Gasteiger partial charge in [0.25, 0.3) is 5.91 Å². The van der Waals surface area contributed by atoms with Gasteiger partial charge in [0.1, 0.15) is 5.69 Å². The fourth-order valence-electron chi connectivity index (χ4n) is 3.01. The van der Waals surface area contributed by atoms with Gasteiger partial charge in [0.15, 0.2) is 5.69 Å². The van der Waals surface area contributed by atoms with Crippen molar-refractivity contribution >= 4 is 5.91 Å². The lowest BCUT2D eigenvalue weighted by molar-refractivity contribution is 0.0854. The van der Waals surface area contributed by atoms with Gasteiger partial charge < -0.3 is 10.1 Å². The van der Waals surface area contributed by atoms with Gasteiger partial charge in [-0.05, 0) is 37.1 Å². The molecule has 26 heavy (non-hydrogen) atoms. The number of pyridine rings is 1. The van der Waals surface area contributed by atoms with Gasteiger partial charge in [-0.15, -0.1) is 5.10 Å². The highest BCUT2D eigenvalue weighted by atomic mass is 16.5. The van der Waals surface area contributed by atoms with Crippen molar-refractivity contribution in [1.82, 2.24) is 25.3 Å². The summed E-state index contributed by atoms with van der Waals surface area (Å²) in [7, 11) is 0. The first-order valence-electron chi connectivity index (χ1n) is 8.65. The van der Waals surface area contributed by atoms with Gasteiger partial charge in [0, 0.05) is 19.3 Å². The molecular weight excluding hydrogens is 330 g/mol. The largest absolute Gasteiger partial charge is 0.376 e. The van der Waals surface area contributed by atoms with E-state index in [-0.39, 0.29) is 17.7 Å². The minimum absolute atomic E-state index is 0.0708. The molecule has 0 spiro atoms. The fraction of sp³-hybridized carbons (Fsp3) is 0.263. The van der Waals surface area contributed by atoms with E-state index in [4.69, 9.17) is 4.74 Å². The maximum absolute atomic E-state index is 12.7. The predicted molar refractivity (Wildman–Crippen MR) is 95.9 cm³/mol. The molecular formula is C19H19N5O2. The monoisotopic (exact) mass is 349 g/mol. The molecule has 1 N–H and O–H groups in total. The van der Waals surface area contributed by atoms with E-state index in [0.29, 0.717) is 17.9 Å². The third-order valence-electron chi connectivity index (χ3n) is 4.31. The Morgan fingerprint density at radius 1 is 1.19 bits per heavy atom. The summed E-state index contributed by atoms with van der Waals surface area (Å²) in [5, 5.41) is 11.2. The number of benzene rings is 1. The van der Waals surface area contributed by atoms with E-state index >= 15 is 0 Å². The molecule has 0 unspecified atom stereocenters. The number of hydrogen-bond donors (Lipinski definition) is 1. The van der Waals surface area contributed by atoms with Crippen LogP contribution in [-0.4, -0.2) is 45.1 Å². The van der Waals surface area contributed by atoms with Crippen molar-refractivity contribution in [2.75, 3.05) is 13.2 Å². The summed E-state index contributed by atoms with van der Waals surface area (Å²) in [6.45, 7) is 1.22. The van der Waals surface area contributed by atoms with Crippen LogP contribution in [0, 0.1) is 0 Å². The average Bonchev–Trinajstić information content (AvgIpc) is 3.37. The first kappa shape index (κ1) is 16.4. The van der Waals surface area contributed by atoms with Crippen molar-refractivity contribution in [2.45, 2.75) is 18.9 Å². The summed E-state index contributed by atoms with van der Waals surface area (Å²) in [6, 6.07) is 15.1. The molecule has 7 nitrogen and oxygen atoms in total. The third-order valence-corrected chi connectivity index (χ3v) is 4.31. The van der Waals surface area contributed by atoms with Gasteiger partial charge in [-0.3, -0.25) is 9.78 Å². The van der Waals surface area contributed by atoms with Gasteiger partial charge in [-0.1, -0.05) is 29.5 Å². The lowest BCUT2D eigenvalue weighted by atomic mass is 10.2. The highest BCUT2D eigenvalue weighted by Crippen LogP contribution is 2.23. The molecule has 1 saturated heterocycles. The van der Waals surface area contributed by atoms with Crippen LogP contribution >= 0.6 is 0 Å². The summed E-state index contributed by atoms with van der Waals surface area (Å²) in [4.78, 5) is 17.1. The van der Waals surface area contributed by atoms with Crippen molar-refractivity contribution in [3.05, 3.63) is 60.4 Å². The number of para-hydroxylation sites is 1. The Morgan fingerprint density at radius 2 is 2.04 bits per heavy atom. The Kier molecular flexibility index (Phi) is 4.70. The Morgan fingerprint density at radius 3 is 2.77 bits per heavy atom. The number of carbonyl (C=O) groups is 1. The van der Waals surface area contributed by atoms with Crippen molar-refractivity contribution in [2.24, 2.45) is 0 Å². The number of hydrogen-bond acceptors (Lipinski definition) is 5. The van der Waals surface area contributed by atoms with E-state index in [2.05, 4.69) is 20.6 Å². The molecule has 1 amide bonds. The molecule has 0 aliphatic carbocycles. The van der Waals surface area contributed by atoms with Gasteiger partial charge in [0.05, 0.1) is 17.5 Å². The first-order valence-corrected chi connectivity index (χ1v) is 8.65. The zero-order valence-corrected chi connectivity index (χ0v) is 14.2. The van der Waals surface area contributed by atoms with Crippen molar-refractivity contribution in [1.29, 1.82) is 0 Å². The van der Waals surface area contributed by atoms with E-state index in [9.17, 15) is 4.79 Å². The molecule has 1 atom stereocenters. The number of rotatable bonds is 5. The minimum atomic E-state index is -0.275. The Hall–Kier alpha value is -3.06. The standard InChI is InChI=1S/C19H19N5O2/c25-19(21-13-15-9-6-12-26-15)17-18(16-10-4-5-11-20-16)24(23-22-17)14-7-2-1-3-8-14/h1-5,7-8,10-11,15H,6,9,12-13H2,(H,21,25)/t15-/m0/s1. The number of aromatic nitrogens is 4. The Balaban J connectivity index is 1.68. The lowest BCUT2D eigenvalue weighted by Gasteiger charge is -2.11. The molecule has 1 aromatic carbocycles. The Labute approximate surface area is 151 Å². The zero-order valence-electron chi connectivity index (χ0n) is 14.2. The van der Waals surface area contributed by atoms with Gasteiger partial charge >= 0.3 is 0 Å². The summed E-state index contributed by atoms with van der Waals surface area (Å²) in [5.41, 5.74) is 2.29. The molecule has 1 aliphatic rings. The van der Waals surface area contributed by atoms with E-state index in [0.717, 1.165) is 25.1 Å². The van der Waals surface area contributed by atoms with Crippen molar-refractivity contribution in [3.63, 3.8) is 0 Å². The summed E-state index contributed by atoms with van der Waals surface area (Å²) >= 11 is 0. The number of amides is 1. The molecule has 0 saturated carbocycles. The maximum Gasteiger partial charge on any atom is 0.274 e. The normalized spacial score (nSPS) is 16.5. The molecule has 4 rings (SSSR count). The van der Waals surface area contributed by atoms with E-state index in [1.165, 1.54) is 0 Å². The first-order chi connectivity index (χ1) is 12.8. The summed E-state index contributed by atoms with van der Waals surface area (Å²) in [6.07, 6.45) is 3.75. The average molecular weight is 349 g/mol. The lowest BCUT2D eigenvalue weighted by Crippen LogP contribution is -2.32. The predicted octanol–water partition coefficient (Wildman–Crippen LogP) is 2.24. The van der Waals surface area contributed by atoms with E-state index < -0.39 is 0 Å². The smallest absolute Gasteiger partial charge is 0.274 e.